The van der Waals surface area contributed by atoms with Gasteiger partial charge in [0.15, 0.2) is 11.5 Å². The Morgan fingerprint density at radius 3 is 2.33 bits per heavy atom. The number of allylic oxidation sites excluding steroid dienone is 2. The van der Waals surface area contributed by atoms with Gasteiger partial charge < -0.3 is 5.11 Å². The molecular formula is C7H10O2. The van der Waals surface area contributed by atoms with Gasteiger partial charge in [-0.05, 0) is 11.5 Å². The highest BCUT2D eigenvalue weighted by atomic mass is 16.3. The Bertz CT molecular complexity index is 177. The quantitative estimate of drug-likeness (QED) is 0.533. The van der Waals surface area contributed by atoms with Crippen molar-refractivity contribution in [2.45, 2.75) is 20.3 Å². The van der Waals surface area contributed by atoms with E-state index < -0.39 is 0 Å². The first-order valence-corrected chi connectivity index (χ1v) is 2.96. The lowest BCUT2D eigenvalue weighted by Crippen LogP contribution is -2.05. The molecule has 0 aromatic rings. The molecule has 0 fully saturated rings. The minimum Gasteiger partial charge on any atom is -0.505 e. The Labute approximate surface area is 54.2 Å². The van der Waals surface area contributed by atoms with Crippen LogP contribution in [0.5, 0.6) is 0 Å². The molecule has 1 aliphatic rings. The largest absolute Gasteiger partial charge is 0.505 e. The van der Waals surface area contributed by atoms with Gasteiger partial charge in [0.05, 0.1) is 0 Å². The molecule has 0 aromatic carbocycles. The van der Waals surface area contributed by atoms with Crippen LogP contribution >= 0.6 is 0 Å². The second kappa shape index (κ2) is 1.59. The van der Waals surface area contributed by atoms with Gasteiger partial charge in [-0.15, -0.1) is 0 Å². The maximum atomic E-state index is 10.7. The van der Waals surface area contributed by atoms with Crippen molar-refractivity contribution in [3.05, 3.63) is 11.8 Å². The molecule has 2 nitrogen and oxygen atoms in total. The molecule has 0 saturated carbocycles. The third kappa shape index (κ3) is 1.12. The summed E-state index contributed by atoms with van der Waals surface area (Å²) in [5.41, 5.74) is -0.124. The van der Waals surface area contributed by atoms with Crippen molar-refractivity contribution >= 4 is 5.78 Å². The highest BCUT2D eigenvalue weighted by molar-refractivity contribution is 5.96. The smallest absolute Gasteiger partial charge is 0.197 e. The van der Waals surface area contributed by atoms with Gasteiger partial charge in [0.25, 0.3) is 0 Å². The first-order valence-electron chi connectivity index (χ1n) is 2.96. The third-order valence-electron chi connectivity index (χ3n) is 1.43. The molecule has 0 atom stereocenters. The van der Waals surface area contributed by atoms with Crippen LogP contribution in [0.4, 0.5) is 0 Å². The number of aliphatic hydroxyl groups excluding tert-OH is 1. The maximum absolute atomic E-state index is 10.7. The first-order chi connectivity index (χ1) is 4.01. The summed E-state index contributed by atoms with van der Waals surface area (Å²) in [5, 5.41) is 8.84. The standard InChI is InChI=1S/C7H10O2/c1-7(2)3-5(8)6(9)4-7/h3,8H,4H2,1-2H3. The Kier molecular flexibility index (Phi) is 1.12. The first kappa shape index (κ1) is 6.33. The van der Waals surface area contributed by atoms with E-state index in [1.807, 2.05) is 13.8 Å². The molecule has 1 aliphatic carbocycles. The highest BCUT2D eigenvalue weighted by Gasteiger charge is 2.29. The van der Waals surface area contributed by atoms with Gasteiger partial charge in [-0.25, -0.2) is 0 Å². The van der Waals surface area contributed by atoms with E-state index in [0.29, 0.717) is 6.42 Å². The molecule has 0 bridgehead atoms. The van der Waals surface area contributed by atoms with Gasteiger partial charge >= 0.3 is 0 Å². The van der Waals surface area contributed by atoms with Crippen molar-refractivity contribution in [3.63, 3.8) is 0 Å². The van der Waals surface area contributed by atoms with Gasteiger partial charge in [-0.2, -0.15) is 0 Å². The van der Waals surface area contributed by atoms with Crippen LogP contribution in [-0.4, -0.2) is 10.9 Å². The molecule has 50 valence electrons. The maximum Gasteiger partial charge on any atom is 0.197 e. The van der Waals surface area contributed by atoms with Crippen LogP contribution in [0.2, 0.25) is 0 Å². The van der Waals surface area contributed by atoms with E-state index in [9.17, 15) is 4.79 Å². The van der Waals surface area contributed by atoms with Crippen molar-refractivity contribution in [1.29, 1.82) is 0 Å². The highest BCUT2D eigenvalue weighted by Crippen LogP contribution is 2.30. The van der Waals surface area contributed by atoms with Crippen LogP contribution in [0.25, 0.3) is 0 Å². The molecule has 0 unspecified atom stereocenters. The Hall–Kier alpha value is -0.790. The molecule has 1 rings (SSSR count). The summed E-state index contributed by atoms with van der Waals surface area (Å²) in [7, 11) is 0. The summed E-state index contributed by atoms with van der Waals surface area (Å²) in [6.07, 6.45) is 2.05. The van der Waals surface area contributed by atoms with Crippen LogP contribution < -0.4 is 0 Å². The Balaban J connectivity index is 2.86. The molecule has 0 saturated heterocycles. The zero-order chi connectivity index (χ0) is 7.07. The van der Waals surface area contributed by atoms with E-state index in [1.165, 1.54) is 0 Å². The number of aliphatic hydroxyl groups is 1. The van der Waals surface area contributed by atoms with Crippen LogP contribution in [0.3, 0.4) is 0 Å². The van der Waals surface area contributed by atoms with Gasteiger partial charge in [0, 0.05) is 6.42 Å². The van der Waals surface area contributed by atoms with Gasteiger partial charge in [-0.1, -0.05) is 13.8 Å². The van der Waals surface area contributed by atoms with Crippen LogP contribution in [0.1, 0.15) is 20.3 Å². The SMILES string of the molecule is CC1(C)C=C(O)C(=O)C1. The fraction of sp³-hybridized carbons (Fsp3) is 0.571. The normalized spacial score (nSPS) is 24.2. The second-order valence-corrected chi connectivity index (χ2v) is 3.12. The number of rotatable bonds is 0. The zero-order valence-corrected chi connectivity index (χ0v) is 5.64. The minimum atomic E-state index is -0.139. The zero-order valence-electron chi connectivity index (χ0n) is 5.64. The number of Topliss-reactive ketones (excluding diaryl/α,β-unsaturated/α-hetero) is 1. The molecule has 0 radical (unpaired) electrons. The van der Waals surface area contributed by atoms with Crippen molar-refractivity contribution in [3.8, 4) is 0 Å². The fourth-order valence-electron chi connectivity index (χ4n) is 1.01. The molecule has 9 heavy (non-hydrogen) atoms. The van der Waals surface area contributed by atoms with Crippen LogP contribution in [0, 0.1) is 5.41 Å². The lowest BCUT2D eigenvalue weighted by molar-refractivity contribution is -0.117. The molecule has 0 aliphatic heterocycles. The molecule has 0 heterocycles. The average Bonchev–Trinajstić information content (AvgIpc) is 1.79. The Morgan fingerprint density at radius 2 is 2.22 bits per heavy atom. The summed E-state index contributed by atoms with van der Waals surface area (Å²) in [5.74, 6) is -0.208. The van der Waals surface area contributed by atoms with Crippen molar-refractivity contribution in [1.82, 2.24) is 0 Å². The van der Waals surface area contributed by atoms with E-state index in [2.05, 4.69) is 0 Å². The Morgan fingerprint density at radius 1 is 1.67 bits per heavy atom. The predicted molar refractivity (Wildman–Crippen MR) is 34.1 cm³/mol. The summed E-state index contributed by atoms with van der Waals surface area (Å²) in [6, 6.07) is 0. The van der Waals surface area contributed by atoms with Crippen LogP contribution in [0.15, 0.2) is 11.8 Å². The van der Waals surface area contributed by atoms with Crippen molar-refractivity contribution < 1.29 is 9.90 Å². The van der Waals surface area contributed by atoms with Crippen LogP contribution in [-0.2, 0) is 4.79 Å². The van der Waals surface area contributed by atoms with Gasteiger partial charge in [0.2, 0.25) is 0 Å². The van der Waals surface area contributed by atoms with Gasteiger partial charge in [-0.3, -0.25) is 4.79 Å². The predicted octanol–water partition coefficient (Wildman–Crippen LogP) is 1.43. The molecule has 2 heteroatoms. The molecule has 0 spiro atoms. The molecule has 1 N–H and O–H groups in total. The second-order valence-electron chi connectivity index (χ2n) is 3.12. The molecule has 0 aromatic heterocycles. The van der Waals surface area contributed by atoms with E-state index in [4.69, 9.17) is 5.11 Å². The third-order valence-corrected chi connectivity index (χ3v) is 1.43. The van der Waals surface area contributed by atoms with Gasteiger partial charge in [0.1, 0.15) is 0 Å². The summed E-state index contributed by atoms with van der Waals surface area (Å²) >= 11 is 0. The number of ketones is 1. The fourth-order valence-corrected chi connectivity index (χ4v) is 1.01. The minimum absolute atomic E-state index is 0.0694. The van der Waals surface area contributed by atoms with E-state index in [-0.39, 0.29) is 17.0 Å². The summed E-state index contributed by atoms with van der Waals surface area (Å²) in [6.45, 7) is 3.85. The number of carbonyl (C=O) groups excluding carboxylic acids is 1. The lowest BCUT2D eigenvalue weighted by atomic mass is 9.93. The molecule has 0 amide bonds. The molecular weight excluding hydrogens is 116 g/mol. The van der Waals surface area contributed by atoms with E-state index in [1.54, 1.807) is 6.08 Å². The summed E-state index contributed by atoms with van der Waals surface area (Å²) < 4.78 is 0. The topological polar surface area (TPSA) is 37.3 Å². The van der Waals surface area contributed by atoms with Crippen molar-refractivity contribution in [2.24, 2.45) is 5.41 Å². The number of hydrogen-bond acceptors (Lipinski definition) is 2. The van der Waals surface area contributed by atoms with Crippen molar-refractivity contribution in [2.75, 3.05) is 0 Å². The lowest BCUT2D eigenvalue weighted by Gasteiger charge is -2.09. The van der Waals surface area contributed by atoms with E-state index in [0.717, 1.165) is 0 Å². The average molecular weight is 126 g/mol. The summed E-state index contributed by atoms with van der Waals surface area (Å²) in [4.78, 5) is 10.7. The monoisotopic (exact) mass is 126 g/mol. The van der Waals surface area contributed by atoms with E-state index >= 15 is 0 Å². The number of carbonyl (C=O) groups is 1. The number of hydrogen-bond donors (Lipinski definition) is 1.